The zero-order valence-electron chi connectivity index (χ0n) is 10.4. The third-order valence-corrected chi connectivity index (χ3v) is 2.91. The number of hydrogen-bond donors (Lipinski definition) is 2. The van der Waals surface area contributed by atoms with E-state index in [1.54, 1.807) is 0 Å². The molecule has 1 unspecified atom stereocenters. The van der Waals surface area contributed by atoms with E-state index in [1.807, 2.05) is 24.7 Å². The SMILES string of the molecule is Cc1ccc(C(NN)c2cc(C)nn2C)cc1. The first kappa shape index (κ1) is 11.8. The van der Waals surface area contributed by atoms with Gasteiger partial charge in [-0.2, -0.15) is 5.10 Å². The van der Waals surface area contributed by atoms with Crippen molar-refractivity contribution in [2.75, 3.05) is 0 Å². The number of nitrogens with zero attached hydrogens (tertiary/aromatic N) is 2. The molecule has 3 N–H and O–H groups in total. The summed E-state index contributed by atoms with van der Waals surface area (Å²) in [7, 11) is 1.93. The maximum absolute atomic E-state index is 5.66. The van der Waals surface area contributed by atoms with Gasteiger partial charge in [0.15, 0.2) is 0 Å². The topological polar surface area (TPSA) is 55.9 Å². The van der Waals surface area contributed by atoms with Crippen molar-refractivity contribution in [3.05, 3.63) is 52.8 Å². The van der Waals surface area contributed by atoms with Crippen LogP contribution in [0, 0.1) is 13.8 Å². The molecule has 0 fully saturated rings. The highest BCUT2D eigenvalue weighted by Gasteiger charge is 2.16. The van der Waals surface area contributed by atoms with Crippen LogP contribution in [0.15, 0.2) is 30.3 Å². The van der Waals surface area contributed by atoms with Crippen molar-refractivity contribution in [2.24, 2.45) is 12.9 Å². The molecule has 4 nitrogen and oxygen atoms in total. The first-order chi connectivity index (χ1) is 8.11. The predicted molar refractivity (Wildman–Crippen MR) is 68.3 cm³/mol. The Balaban J connectivity index is 2.39. The molecule has 90 valence electrons. The van der Waals surface area contributed by atoms with Crippen LogP contribution in [0.2, 0.25) is 0 Å². The van der Waals surface area contributed by atoms with E-state index in [4.69, 9.17) is 5.84 Å². The van der Waals surface area contributed by atoms with Crippen molar-refractivity contribution >= 4 is 0 Å². The zero-order chi connectivity index (χ0) is 12.4. The van der Waals surface area contributed by atoms with Crippen LogP contribution in [-0.2, 0) is 7.05 Å². The summed E-state index contributed by atoms with van der Waals surface area (Å²) >= 11 is 0. The van der Waals surface area contributed by atoms with E-state index in [0.717, 1.165) is 17.0 Å². The molecule has 1 aromatic carbocycles. The number of nitrogens with two attached hydrogens (primary N) is 1. The van der Waals surface area contributed by atoms with Gasteiger partial charge in [0.05, 0.1) is 17.4 Å². The first-order valence-corrected chi connectivity index (χ1v) is 5.65. The molecule has 2 rings (SSSR count). The van der Waals surface area contributed by atoms with E-state index in [0.29, 0.717) is 0 Å². The minimum absolute atomic E-state index is 0.0261. The zero-order valence-corrected chi connectivity index (χ0v) is 10.4. The molecule has 1 aromatic heterocycles. The average molecular weight is 230 g/mol. The van der Waals surface area contributed by atoms with Gasteiger partial charge in [-0.25, -0.2) is 5.43 Å². The van der Waals surface area contributed by atoms with Gasteiger partial charge in [0.1, 0.15) is 0 Å². The van der Waals surface area contributed by atoms with E-state index in [2.05, 4.69) is 41.7 Å². The summed E-state index contributed by atoms with van der Waals surface area (Å²) in [5.74, 6) is 5.66. The Morgan fingerprint density at radius 2 is 1.88 bits per heavy atom. The fraction of sp³-hybridized carbons (Fsp3) is 0.308. The molecular weight excluding hydrogens is 212 g/mol. The van der Waals surface area contributed by atoms with Crippen LogP contribution in [0.25, 0.3) is 0 Å². The number of rotatable bonds is 3. The van der Waals surface area contributed by atoms with Crippen molar-refractivity contribution in [3.63, 3.8) is 0 Å². The van der Waals surface area contributed by atoms with E-state index in [1.165, 1.54) is 5.56 Å². The van der Waals surface area contributed by atoms with Gasteiger partial charge >= 0.3 is 0 Å². The van der Waals surface area contributed by atoms with Crippen LogP contribution in [0.3, 0.4) is 0 Å². The molecule has 0 aliphatic rings. The van der Waals surface area contributed by atoms with Gasteiger partial charge < -0.3 is 0 Å². The van der Waals surface area contributed by atoms with Gasteiger partial charge in [0.25, 0.3) is 0 Å². The average Bonchev–Trinajstić information content (AvgIpc) is 2.62. The summed E-state index contributed by atoms with van der Waals surface area (Å²) in [4.78, 5) is 0. The Hall–Kier alpha value is -1.65. The third kappa shape index (κ3) is 2.38. The Morgan fingerprint density at radius 3 is 2.35 bits per heavy atom. The Morgan fingerprint density at radius 1 is 1.24 bits per heavy atom. The minimum atomic E-state index is -0.0261. The molecule has 0 saturated carbocycles. The smallest absolute Gasteiger partial charge is 0.0878 e. The lowest BCUT2D eigenvalue weighted by Crippen LogP contribution is -2.30. The number of benzene rings is 1. The summed E-state index contributed by atoms with van der Waals surface area (Å²) < 4.78 is 1.86. The van der Waals surface area contributed by atoms with Gasteiger partial charge in [-0.1, -0.05) is 29.8 Å². The summed E-state index contributed by atoms with van der Waals surface area (Å²) in [6, 6.07) is 10.4. The van der Waals surface area contributed by atoms with Crippen LogP contribution >= 0.6 is 0 Å². The van der Waals surface area contributed by atoms with Crippen molar-refractivity contribution in [2.45, 2.75) is 19.9 Å². The van der Waals surface area contributed by atoms with Gasteiger partial charge in [0, 0.05) is 7.05 Å². The van der Waals surface area contributed by atoms with Crippen molar-refractivity contribution < 1.29 is 0 Å². The number of aromatic nitrogens is 2. The second-order valence-corrected chi connectivity index (χ2v) is 4.34. The van der Waals surface area contributed by atoms with E-state index in [9.17, 15) is 0 Å². The molecule has 1 heterocycles. The summed E-state index contributed by atoms with van der Waals surface area (Å²) in [6.07, 6.45) is 0. The maximum Gasteiger partial charge on any atom is 0.0878 e. The Kier molecular flexibility index (Phi) is 3.26. The fourth-order valence-corrected chi connectivity index (χ4v) is 2.01. The monoisotopic (exact) mass is 230 g/mol. The molecule has 4 heteroatoms. The van der Waals surface area contributed by atoms with Crippen LogP contribution in [0.1, 0.15) is 28.6 Å². The lowest BCUT2D eigenvalue weighted by Gasteiger charge is -2.16. The molecule has 0 amide bonds. The molecule has 0 radical (unpaired) electrons. The predicted octanol–water partition coefficient (Wildman–Crippen LogP) is 1.59. The normalized spacial score (nSPS) is 12.7. The van der Waals surface area contributed by atoms with Crippen LogP contribution in [0.4, 0.5) is 0 Å². The van der Waals surface area contributed by atoms with E-state index >= 15 is 0 Å². The molecule has 17 heavy (non-hydrogen) atoms. The van der Waals surface area contributed by atoms with Crippen LogP contribution < -0.4 is 11.3 Å². The number of hydrogen-bond acceptors (Lipinski definition) is 3. The molecule has 0 aliphatic heterocycles. The second kappa shape index (κ2) is 4.69. The number of hydrazine groups is 1. The van der Waals surface area contributed by atoms with E-state index < -0.39 is 0 Å². The van der Waals surface area contributed by atoms with Crippen LogP contribution in [0.5, 0.6) is 0 Å². The van der Waals surface area contributed by atoms with Gasteiger partial charge in [-0.05, 0) is 25.5 Å². The highest BCUT2D eigenvalue weighted by atomic mass is 15.3. The van der Waals surface area contributed by atoms with Crippen molar-refractivity contribution in [3.8, 4) is 0 Å². The molecule has 0 spiro atoms. The molecule has 0 aliphatic carbocycles. The fourth-order valence-electron chi connectivity index (χ4n) is 2.01. The number of nitrogens with one attached hydrogen (secondary N) is 1. The number of aryl methyl sites for hydroxylation is 3. The summed E-state index contributed by atoms with van der Waals surface area (Å²) in [5.41, 5.74) is 7.29. The summed E-state index contributed by atoms with van der Waals surface area (Å²) in [6.45, 7) is 4.05. The second-order valence-electron chi connectivity index (χ2n) is 4.34. The lowest BCUT2D eigenvalue weighted by atomic mass is 10.0. The molecule has 1 atom stereocenters. The summed E-state index contributed by atoms with van der Waals surface area (Å²) in [5, 5.41) is 4.34. The maximum atomic E-state index is 5.66. The Labute approximate surface area is 101 Å². The quantitative estimate of drug-likeness (QED) is 0.622. The van der Waals surface area contributed by atoms with Gasteiger partial charge in [-0.3, -0.25) is 10.5 Å². The van der Waals surface area contributed by atoms with Crippen molar-refractivity contribution in [1.29, 1.82) is 0 Å². The molecule has 0 bridgehead atoms. The Bertz CT molecular complexity index is 499. The van der Waals surface area contributed by atoms with E-state index in [-0.39, 0.29) is 6.04 Å². The molecule has 2 aromatic rings. The lowest BCUT2D eigenvalue weighted by molar-refractivity contribution is 0.574. The third-order valence-electron chi connectivity index (χ3n) is 2.91. The van der Waals surface area contributed by atoms with Crippen LogP contribution in [-0.4, -0.2) is 9.78 Å². The standard InChI is InChI=1S/C13H18N4/c1-9-4-6-11(7-5-9)13(15-14)12-8-10(2)16-17(12)3/h4-8,13,15H,14H2,1-3H3. The first-order valence-electron chi connectivity index (χ1n) is 5.65. The molecular formula is C13H18N4. The molecule has 0 saturated heterocycles. The van der Waals surface area contributed by atoms with Gasteiger partial charge in [0.2, 0.25) is 0 Å². The highest BCUT2D eigenvalue weighted by Crippen LogP contribution is 2.21. The van der Waals surface area contributed by atoms with Crippen molar-refractivity contribution in [1.82, 2.24) is 15.2 Å². The highest BCUT2D eigenvalue weighted by molar-refractivity contribution is 5.30. The largest absolute Gasteiger partial charge is 0.271 e. The van der Waals surface area contributed by atoms with Gasteiger partial charge in [-0.15, -0.1) is 0 Å². The minimum Gasteiger partial charge on any atom is -0.271 e.